The molecule has 100 valence electrons. The fraction of sp³-hybridized carbons (Fsp3) is 0. The highest BCUT2D eigenvalue weighted by Gasteiger charge is 2.15. The van der Waals surface area contributed by atoms with E-state index in [1.165, 1.54) is 12.4 Å². The Kier molecular flexibility index (Phi) is 3.54. The van der Waals surface area contributed by atoms with E-state index in [1.807, 2.05) is 0 Å². The Morgan fingerprint density at radius 3 is 2.68 bits per heavy atom. The van der Waals surface area contributed by atoms with Crippen LogP contribution in [0.1, 0.15) is 10.4 Å². The minimum atomic E-state index is -4.01. The molecule has 1 amide bonds. The predicted octanol–water partition coefficient (Wildman–Crippen LogP) is 1.73. The molecule has 0 aliphatic heterocycles. The molecule has 0 spiro atoms. The minimum Gasteiger partial charge on any atom is -0.319 e. The lowest BCUT2D eigenvalue weighted by atomic mass is 10.2. The van der Waals surface area contributed by atoms with E-state index in [9.17, 15) is 17.6 Å². The van der Waals surface area contributed by atoms with Gasteiger partial charge in [-0.3, -0.25) is 9.89 Å². The maximum Gasteiger partial charge on any atom is 0.261 e. The summed E-state index contributed by atoms with van der Waals surface area (Å²) in [5.41, 5.74) is 0.0590. The summed E-state index contributed by atoms with van der Waals surface area (Å²) in [5, 5.41) is 8.30. The van der Waals surface area contributed by atoms with E-state index in [2.05, 4.69) is 15.5 Å². The molecule has 19 heavy (non-hydrogen) atoms. The van der Waals surface area contributed by atoms with Crippen LogP contribution in [0, 0.1) is 5.82 Å². The maximum absolute atomic E-state index is 13.6. The standard InChI is InChI=1S/C10H7ClFN3O3S/c11-19(17,18)7-1-2-9(8(12)3-7)15-10(16)6-4-13-14-5-6/h1-5H,(H,13,14)(H,15,16). The second-order valence-electron chi connectivity index (χ2n) is 3.52. The largest absolute Gasteiger partial charge is 0.319 e. The molecule has 0 unspecified atom stereocenters. The number of nitrogens with one attached hydrogen (secondary N) is 2. The zero-order chi connectivity index (χ0) is 14.0. The van der Waals surface area contributed by atoms with Gasteiger partial charge in [0.05, 0.1) is 22.3 Å². The molecule has 0 aliphatic rings. The van der Waals surface area contributed by atoms with Crippen LogP contribution in [0.25, 0.3) is 0 Å². The third-order valence-corrected chi connectivity index (χ3v) is 3.58. The summed E-state index contributed by atoms with van der Waals surface area (Å²) < 4.78 is 35.6. The van der Waals surface area contributed by atoms with E-state index in [4.69, 9.17) is 10.7 Å². The van der Waals surface area contributed by atoms with Gasteiger partial charge >= 0.3 is 0 Å². The summed E-state index contributed by atoms with van der Waals surface area (Å²) >= 11 is 0. The molecule has 0 saturated carbocycles. The van der Waals surface area contributed by atoms with Gasteiger partial charge in [-0.25, -0.2) is 12.8 Å². The fourth-order valence-corrected chi connectivity index (χ4v) is 2.08. The lowest BCUT2D eigenvalue weighted by molar-refractivity contribution is 0.102. The van der Waals surface area contributed by atoms with Crippen molar-refractivity contribution in [1.82, 2.24) is 10.2 Å². The molecule has 0 fully saturated rings. The third kappa shape index (κ3) is 3.09. The highest BCUT2D eigenvalue weighted by atomic mass is 35.7. The summed E-state index contributed by atoms with van der Waals surface area (Å²) in [5.74, 6) is -1.48. The summed E-state index contributed by atoms with van der Waals surface area (Å²) in [6.45, 7) is 0. The number of carbonyl (C=O) groups excluding carboxylic acids is 1. The molecule has 0 atom stereocenters. The molecular formula is C10H7ClFN3O3S. The van der Waals surface area contributed by atoms with Crippen LogP contribution >= 0.6 is 10.7 Å². The fourth-order valence-electron chi connectivity index (χ4n) is 1.32. The molecule has 0 bridgehead atoms. The summed E-state index contributed by atoms with van der Waals surface area (Å²) in [6.07, 6.45) is 2.61. The maximum atomic E-state index is 13.6. The topological polar surface area (TPSA) is 91.9 Å². The normalized spacial score (nSPS) is 11.3. The molecule has 1 heterocycles. The number of benzene rings is 1. The number of hydrogen-bond donors (Lipinski definition) is 2. The van der Waals surface area contributed by atoms with Crippen LogP contribution in [-0.2, 0) is 9.05 Å². The SMILES string of the molecule is O=C(Nc1ccc(S(=O)(=O)Cl)cc1F)c1cn[nH]c1. The third-order valence-electron chi connectivity index (χ3n) is 2.23. The van der Waals surface area contributed by atoms with Gasteiger partial charge in [0.15, 0.2) is 0 Å². The van der Waals surface area contributed by atoms with Crippen LogP contribution in [0.4, 0.5) is 10.1 Å². The Morgan fingerprint density at radius 2 is 2.16 bits per heavy atom. The van der Waals surface area contributed by atoms with Gasteiger partial charge in [-0.1, -0.05) is 0 Å². The number of anilines is 1. The molecule has 9 heteroatoms. The molecule has 1 aromatic heterocycles. The van der Waals surface area contributed by atoms with E-state index in [0.717, 1.165) is 18.2 Å². The predicted molar refractivity (Wildman–Crippen MR) is 66.0 cm³/mol. The molecule has 2 N–H and O–H groups in total. The summed E-state index contributed by atoms with van der Waals surface area (Å²) in [4.78, 5) is 11.2. The number of amides is 1. The van der Waals surface area contributed by atoms with Crippen LogP contribution in [-0.4, -0.2) is 24.5 Å². The van der Waals surface area contributed by atoms with E-state index in [1.54, 1.807) is 0 Å². The number of H-pyrrole nitrogens is 1. The monoisotopic (exact) mass is 303 g/mol. The highest BCUT2D eigenvalue weighted by Crippen LogP contribution is 2.21. The van der Waals surface area contributed by atoms with Crippen molar-refractivity contribution in [2.75, 3.05) is 5.32 Å². The number of carbonyl (C=O) groups is 1. The van der Waals surface area contributed by atoms with Crippen molar-refractivity contribution < 1.29 is 17.6 Å². The minimum absolute atomic E-state index is 0.157. The van der Waals surface area contributed by atoms with Crippen LogP contribution in [0.15, 0.2) is 35.5 Å². The van der Waals surface area contributed by atoms with Crippen LogP contribution < -0.4 is 5.32 Å². The lowest BCUT2D eigenvalue weighted by Crippen LogP contribution is -2.12. The second-order valence-corrected chi connectivity index (χ2v) is 6.09. The molecule has 0 radical (unpaired) electrons. The number of aromatic nitrogens is 2. The smallest absolute Gasteiger partial charge is 0.261 e. The van der Waals surface area contributed by atoms with Gasteiger partial charge in [0.2, 0.25) is 0 Å². The summed E-state index contributed by atoms with van der Waals surface area (Å²) in [6, 6.07) is 2.94. The van der Waals surface area contributed by atoms with Gasteiger partial charge in [0, 0.05) is 16.9 Å². The Morgan fingerprint density at radius 1 is 1.42 bits per heavy atom. The molecular weight excluding hydrogens is 297 g/mol. The van der Waals surface area contributed by atoms with Crippen molar-refractivity contribution in [3.8, 4) is 0 Å². The van der Waals surface area contributed by atoms with Gasteiger partial charge < -0.3 is 5.32 Å². The van der Waals surface area contributed by atoms with Crippen molar-refractivity contribution in [2.24, 2.45) is 0 Å². The van der Waals surface area contributed by atoms with E-state index < -0.39 is 20.8 Å². The number of rotatable bonds is 3. The number of halogens is 2. The van der Waals surface area contributed by atoms with Gasteiger partial charge in [0.1, 0.15) is 5.82 Å². The van der Waals surface area contributed by atoms with Gasteiger partial charge in [-0.05, 0) is 18.2 Å². The Labute approximate surface area is 112 Å². The summed E-state index contributed by atoms with van der Waals surface area (Å²) in [7, 11) is 1.07. The first-order valence-corrected chi connectivity index (χ1v) is 7.23. The van der Waals surface area contributed by atoms with Crippen LogP contribution in [0.2, 0.25) is 0 Å². The van der Waals surface area contributed by atoms with Gasteiger partial charge in [-0.2, -0.15) is 5.10 Å². The first-order valence-electron chi connectivity index (χ1n) is 4.92. The second kappa shape index (κ2) is 4.98. The van der Waals surface area contributed by atoms with Crippen molar-refractivity contribution >= 4 is 31.3 Å². The van der Waals surface area contributed by atoms with Crippen LogP contribution in [0.3, 0.4) is 0 Å². The van der Waals surface area contributed by atoms with Gasteiger partial charge in [0.25, 0.3) is 15.0 Å². The molecule has 2 aromatic rings. The first-order chi connectivity index (χ1) is 8.88. The lowest BCUT2D eigenvalue weighted by Gasteiger charge is -2.05. The Bertz CT molecular complexity index is 716. The highest BCUT2D eigenvalue weighted by molar-refractivity contribution is 8.13. The zero-order valence-corrected chi connectivity index (χ0v) is 10.8. The van der Waals surface area contributed by atoms with Crippen molar-refractivity contribution in [2.45, 2.75) is 4.90 Å². The first kappa shape index (κ1) is 13.5. The van der Waals surface area contributed by atoms with Crippen molar-refractivity contribution in [3.63, 3.8) is 0 Å². The van der Waals surface area contributed by atoms with E-state index in [-0.39, 0.29) is 16.1 Å². The Balaban J connectivity index is 2.25. The average Bonchev–Trinajstić information content (AvgIpc) is 2.84. The average molecular weight is 304 g/mol. The van der Waals surface area contributed by atoms with Crippen molar-refractivity contribution in [3.05, 3.63) is 42.0 Å². The van der Waals surface area contributed by atoms with Gasteiger partial charge in [-0.15, -0.1) is 0 Å². The van der Waals surface area contributed by atoms with Crippen LogP contribution in [0.5, 0.6) is 0 Å². The molecule has 1 aromatic carbocycles. The number of nitrogens with zero attached hydrogens (tertiary/aromatic N) is 1. The van der Waals surface area contributed by atoms with E-state index in [0.29, 0.717) is 0 Å². The van der Waals surface area contributed by atoms with E-state index >= 15 is 0 Å². The Hall–Kier alpha value is -1.93. The molecule has 2 rings (SSSR count). The molecule has 0 aliphatic carbocycles. The quantitative estimate of drug-likeness (QED) is 0.845. The number of aromatic amines is 1. The van der Waals surface area contributed by atoms with Crippen molar-refractivity contribution in [1.29, 1.82) is 0 Å². The molecule has 6 nitrogen and oxygen atoms in total. The molecule has 0 saturated heterocycles. The number of hydrogen-bond acceptors (Lipinski definition) is 4. The zero-order valence-electron chi connectivity index (χ0n) is 9.22.